The normalized spacial score (nSPS) is 26.4. The third-order valence-electron chi connectivity index (χ3n) is 10.4. The van der Waals surface area contributed by atoms with Crippen molar-refractivity contribution < 1.29 is 24.1 Å². The number of epoxide rings is 1. The van der Waals surface area contributed by atoms with E-state index in [0.29, 0.717) is 18.3 Å². The van der Waals surface area contributed by atoms with Crippen LogP contribution in [0, 0.1) is 11.3 Å². The van der Waals surface area contributed by atoms with Crippen LogP contribution in [0.4, 0.5) is 0 Å². The molecule has 4 unspecified atom stereocenters. The Hall–Kier alpha value is -0.855. The van der Waals surface area contributed by atoms with Crippen molar-refractivity contribution in [2.75, 3.05) is 20.3 Å². The van der Waals surface area contributed by atoms with Gasteiger partial charge in [-0.1, -0.05) is 88.3 Å². The van der Waals surface area contributed by atoms with Crippen LogP contribution in [0.5, 0.6) is 0 Å². The van der Waals surface area contributed by atoms with Gasteiger partial charge in [-0.05, 0) is 68.4 Å². The fourth-order valence-corrected chi connectivity index (χ4v) is 6.94. The molecular formula is C34H58BBrO5. The van der Waals surface area contributed by atoms with Crippen molar-refractivity contribution >= 4 is 23.8 Å². The number of ether oxygens (including phenoxy) is 4. The van der Waals surface area contributed by atoms with E-state index in [9.17, 15) is 5.11 Å². The third kappa shape index (κ3) is 8.84. The Balaban J connectivity index is 2.12. The van der Waals surface area contributed by atoms with E-state index in [1.165, 1.54) is 5.47 Å². The largest absolute Gasteiger partial charge is 0.488 e. The maximum Gasteiger partial charge on any atom is 0.137 e. The molecule has 0 spiro atoms. The minimum absolute atomic E-state index is 0.0940. The second-order valence-electron chi connectivity index (χ2n) is 13.2. The number of aliphatic hydroxyl groups excluding tert-OH is 1. The quantitative estimate of drug-likeness (QED) is 0.0558. The molecule has 0 radical (unpaired) electrons. The maximum atomic E-state index is 10.8. The Bertz CT molecular complexity index is 952. The number of methoxy groups -OCH3 is 1. The molecule has 5 atom stereocenters. The topological polar surface area (TPSA) is 60.5 Å². The average Bonchev–Trinajstić information content (AvgIpc) is 3.76. The fraction of sp³-hybridized carbons (Fsp3) is 0.765. The van der Waals surface area contributed by atoms with E-state index in [2.05, 4.69) is 104 Å². The van der Waals surface area contributed by atoms with Crippen molar-refractivity contribution in [2.45, 2.75) is 134 Å². The molecule has 234 valence electrons. The minimum atomic E-state index is -0.590. The molecule has 0 aromatic carbocycles. The van der Waals surface area contributed by atoms with Gasteiger partial charge in [0.2, 0.25) is 0 Å². The van der Waals surface area contributed by atoms with Crippen molar-refractivity contribution in [2.24, 2.45) is 11.3 Å². The van der Waals surface area contributed by atoms with Crippen LogP contribution in [0.15, 0.2) is 47.7 Å². The molecule has 0 bridgehead atoms. The van der Waals surface area contributed by atoms with E-state index in [1.807, 2.05) is 0 Å². The molecule has 1 N–H and O–H groups in total. The lowest BCUT2D eigenvalue weighted by atomic mass is 9.62. The van der Waals surface area contributed by atoms with Crippen LogP contribution >= 0.6 is 15.9 Å². The summed E-state index contributed by atoms with van der Waals surface area (Å²) in [5.74, 6) is 0.973. The summed E-state index contributed by atoms with van der Waals surface area (Å²) in [6.07, 6.45) is 10.1. The van der Waals surface area contributed by atoms with Gasteiger partial charge in [-0.15, -0.1) is 0 Å². The number of alkyl halides is 1. The van der Waals surface area contributed by atoms with E-state index in [-0.39, 0.29) is 34.0 Å². The highest BCUT2D eigenvalue weighted by Crippen LogP contribution is 2.47. The lowest BCUT2D eigenvalue weighted by Gasteiger charge is -2.46. The van der Waals surface area contributed by atoms with E-state index in [4.69, 9.17) is 18.9 Å². The summed E-state index contributed by atoms with van der Waals surface area (Å²) >= 11 is 3.97. The van der Waals surface area contributed by atoms with E-state index >= 15 is 0 Å². The number of allylic oxidation sites excluding steroid dienone is 4. The molecule has 1 fully saturated rings. The number of aliphatic hydroxyl groups is 1. The summed E-state index contributed by atoms with van der Waals surface area (Å²) in [4.78, 5) is 0.0940. The van der Waals surface area contributed by atoms with Crippen LogP contribution in [0.1, 0.15) is 100 Å². The molecule has 1 saturated heterocycles. The van der Waals surface area contributed by atoms with E-state index in [0.717, 1.165) is 56.3 Å². The molecule has 2 rings (SSSR count). The minimum Gasteiger partial charge on any atom is -0.488 e. The Labute approximate surface area is 260 Å². The lowest BCUT2D eigenvalue weighted by Crippen LogP contribution is -2.48. The van der Waals surface area contributed by atoms with E-state index < -0.39 is 11.7 Å². The van der Waals surface area contributed by atoms with Gasteiger partial charge in [-0.25, -0.2) is 0 Å². The molecule has 1 aliphatic carbocycles. The second kappa shape index (κ2) is 14.7. The van der Waals surface area contributed by atoms with Crippen molar-refractivity contribution in [1.82, 2.24) is 0 Å². The Morgan fingerprint density at radius 3 is 2.22 bits per heavy atom. The van der Waals surface area contributed by atoms with Crippen molar-refractivity contribution in [3.63, 3.8) is 0 Å². The molecule has 0 amide bonds. The molecule has 0 saturated carbocycles. The monoisotopic (exact) mass is 636 g/mol. The van der Waals surface area contributed by atoms with Crippen LogP contribution in [-0.2, 0) is 18.9 Å². The lowest BCUT2D eigenvalue weighted by molar-refractivity contribution is -0.0929. The Kier molecular flexibility index (Phi) is 13.1. The summed E-state index contributed by atoms with van der Waals surface area (Å²) in [6, 6.07) is 0. The van der Waals surface area contributed by atoms with Gasteiger partial charge < -0.3 is 24.1 Å². The zero-order chi connectivity index (χ0) is 31.2. The molecule has 0 aromatic heterocycles. The van der Waals surface area contributed by atoms with Crippen LogP contribution < -0.4 is 0 Å². The molecule has 2 aliphatic rings. The van der Waals surface area contributed by atoms with E-state index in [1.54, 1.807) is 7.11 Å². The van der Waals surface area contributed by atoms with Gasteiger partial charge in [0.1, 0.15) is 19.2 Å². The van der Waals surface area contributed by atoms with Crippen LogP contribution in [0.25, 0.3) is 0 Å². The summed E-state index contributed by atoms with van der Waals surface area (Å²) in [5.41, 5.74) is 1.97. The van der Waals surface area contributed by atoms with Crippen LogP contribution in [0.2, 0.25) is 0 Å². The molecule has 0 aromatic rings. The molecular weight excluding hydrogens is 579 g/mol. The van der Waals surface area contributed by atoms with Crippen LogP contribution in [-0.4, -0.2) is 67.1 Å². The summed E-state index contributed by atoms with van der Waals surface area (Å²) < 4.78 is 24.3. The highest BCUT2D eigenvalue weighted by molar-refractivity contribution is 9.09. The molecule has 5 nitrogen and oxygen atoms in total. The smallest absolute Gasteiger partial charge is 0.137 e. The first-order valence-corrected chi connectivity index (χ1v) is 16.6. The summed E-state index contributed by atoms with van der Waals surface area (Å²) in [7, 11) is 3.87. The van der Waals surface area contributed by atoms with Gasteiger partial charge in [-0.3, -0.25) is 0 Å². The zero-order valence-electron chi connectivity index (χ0n) is 27.7. The summed E-state index contributed by atoms with van der Waals surface area (Å²) in [5, 5.41) is 10.8. The zero-order valence-corrected chi connectivity index (χ0v) is 29.3. The summed E-state index contributed by atoms with van der Waals surface area (Å²) in [6.45, 7) is 27.2. The number of hydrogen-bond donors (Lipinski definition) is 1. The number of rotatable bonds is 18. The first-order valence-electron chi connectivity index (χ1n) is 15.6. The third-order valence-corrected chi connectivity index (χ3v) is 11.7. The predicted octanol–water partition coefficient (Wildman–Crippen LogP) is 7.43. The first kappa shape index (κ1) is 36.3. The Morgan fingerprint density at radius 1 is 1.20 bits per heavy atom. The van der Waals surface area contributed by atoms with Crippen LogP contribution in [0.3, 0.4) is 0 Å². The van der Waals surface area contributed by atoms with Gasteiger partial charge in [0.05, 0.1) is 36.6 Å². The van der Waals surface area contributed by atoms with Gasteiger partial charge >= 0.3 is 0 Å². The van der Waals surface area contributed by atoms with Crippen molar-refractivity contribution in [3.8, 4) is 0 Å². The SMILES string of the molecule is BC1=CC(C(C)(C)C(=C)/C=C(/C)C(=C)OC(CC)(CC)CC2CO2)CC(Br)[C@@]1(C)OCC(O)CC(CC)(CC)OC. The van der Waals surface area contributed by atoms with Gasteiger partial charge in [0.25, 0.3) is 0 Å². The average molecular weight is 638 g/mol. The maximum absolute atomic E-state index is 10.8. The van der Waals surface area contributed by atoms with Gasteiger partial charge in [0, 0.05) is 24.8 Å². The molecule has 1 heterocycles. The standard InChI is InChI=1S/C34H58BBrO5/c1-12-33(13-2,38-11)19-27(37)21-40-32(10)29(35)17-26(18-30(32)36)31(8,9)24(6)16-23(5)25(7)41-34(14-3,15-4)20-28-22-39-28/h16-17,26-28,30,37H,6-7,12-15,18-22,35H2,1-5,8-11H3/b23-16-/t26?,27?,28?,30?,32-/m0/s1. The number of halogens is 1. The van der Waals surface area contributed by atoms with Crippen molar-refractivity contribution in [1.29, 1.82) is 0 Å². The molecule has 41 heavy (non-hydrogen) atoms. The predicted molar refractivity (Wildman–Crippen MR) is 177 cm³/mol. The Morgan fingerprint density at radius 2 is 1.76 bits per heavy atom. The fourth-order valence-electron chi connectivity index (χ4n) is 6.04. The highest BCUT2D eigenvalue weighted by Gasteiger charge is 2.45. The first-order chi connectivity index (χ1) is 19.1. The molecule has 7 heteroatoms. The van der Waals surface area contributed by atoms with Crippen molar-refractivity contribution in [3.05, 3.63) is 47.7 Å². The molecule has 1 aliphatic heterocycles. The van der Waals surface area contributed by atoms with Gasteiger partial charge in [-0.2, -0.15) is 0 Å². The van der Waals surface area contributed by atoms with Gasteiger partial charge in [0.15, 0.2) is 0 Å². The highest BCUT2D eigenvalue weighted by atomic mass is 79.9. The second-order valence-corrected chi connectivity index (χ2v) is 14.3. The number of hydrogen-bond acceptors (Lipinski definition) is 5.